The molecule has 0 aliphatic carbocycles. The molecule has 182 valence electrons. The zero-order chi connectivity index (χ0) is 23.8. The largest absolute Gasteiger partial charge is 0.442 e. The minimum Gasteiger partial charge on any atom is -0.442 e. The van der Waals surface area contributed by atoms with Gasteiger partial charge in [0.15, 0.2) is 0 Å². The van der Waals surface area contributed by atoms with E-state index in [9.17, 15) is 23.2 Å². The van der Waals surface area contributed by atoms with Gasteiger partial charge in [-0.05, 0) is 31.2 Å². The smallest absolute Gasteiger partial charge is 0.414 e. The van der Waals surface area contributed by atoms with Gasteiger partial charge in [-0.1, -0.05) is 0 Å². The van der Waals surface area contributed by atoms with E-state index in [1.165, 1.54) is 22.9 Å². The third-order valence-corrected chi connectivity index (χ3v) is 5.38. The number of carbonyl (C=O) groups excluding carboxylic acids is 3. The number of hydrogen-bond acceptors (Lipinski definition) is 7. The zero-order valence-electron chi connectivity index (χ0n) is 18.6. The molecule has 3 amide bonds. The number of ether oxygens (including phenoxy) is 1. The summed E-state index contributed by atoms with van der Waals surface area (Å²) in [5.74, 6) is -0.869. The molecule has 0 saturated carbocycles. The maximum atomic E-state index is 15.0. The number of halogens is 2. The van der Waals surface area contributed by atoms with Gasteiger partial charge in [0.2, 0.25) is 5.91 Å². The fourth-order valence-corrected chi connectivity index (χ4v) is 3.68. The van der Waals surface area contributed by atoms with Crippen LogP contribution in [-0.4, -0.2) is 88.1 Å². The first kappa shape index (κ1) is 24.6. The van der Waals surface area contributed by atoms with Crippen molar-refractivity contribution in [2.24, 2.45) is 0 Å². The summed E-state index contributed by atoms with van der Waals surface area (Å²) in [6, 6.07) is 4.54. The fourth-order valence-electron chi connectivity index (χ4n) is 3.68. The molecule has 1 aromatic carbocycles. The molecule has 1 atom stereocenters. The average molecular weight is 469 g/mol. The Hall–Kier alpha value is -2.99. The lowest BCUT2D eigenvalue weighted by molar-refractivity contribution is -0.133. The number of benzene rings is 1. The number of anilines is 2. The van der Waals surface area contributed by atoms with Gasteiger partial charge in [-0.3, -0.25) is 23.9 Å². The molecule has 33 heavy (non-hydrogen) atoms. The van der Waals surface area contributed by atoms with Crippen LogP contribution in [0, 0.1) is 5.82 Å². The van der Waals surface area contributed by atoms with Gasteiger partial charge >= 0.3 is 6.09 Å². The zero-order valence-corrected chi connectivity index (χ0v) is 18.6. The summed E-state index contributed by atoms with van der Waals surface area (Å²) in [6.45, 7) is 3.59. The number of nitrogens with one attached hydrogen (secondary N) is 3. The van der Waals surface area contributed by atoms with Gasteiger partial charge in [0.1, 0.15) is 11.9 Å². The molecule has 0 bridgehead atoms. The van der Waals surface area contributed by atoms with Crippen LogP contribution in [0.15, 0.2) is 18.2 Å². The van der Waals surface area contributed by atoms with E-state index in [0.717, 1.165) is 0 Å². The van der Waals surface area contributed by atoms with Crippen LogP contribution < -0.4 is 25.9 Å². The highest BCUT2D eigenvalue weighted by Gasteiger charge is 2.33. The summed E-state index contributed by atoms with van der Waals surface area (Å²) >= 11 is 0. The standard InChI is InChI=1S/C21H30F2N6O4/c1-15(30)25-12-17-14-28(21(32)33-17)16-3-4-19(18(23)11-16)27-8-7-26-29(10-9-27)20(31)13-24-6-2-5-22/h3-4,11,17,24,26H,2,5-10,12-14H2,1H3,(H,25,30)/t17-/m0/s1. The molecule has 0 radical (unpaired) electrons. The summed E-state index contributed by atoms with van der Waals surface area (Å²) in [4.78, 5) is 38.7. The van der Waals surface area contributed by atoms with Crippen LogP contribution in [-0.2, 0) is 14.3 Å². The van der Waals surface area contributed by atoms with Crippen molar-refractivity contribution in [1.29, 1.82) is 0 Å². The third kappa shape index (κ3) is 6.75. The SMILES string of the molecule is CC(=O)NC[C@H]1CN(c2ccc(N3CCNN(C(=O)CNCCCF)CC3)c(F)c2)C(=O)O1. The van der Waals surface area contributed by atoms with Gasteiger partial charge in [0.05, 0.1) is 44.2 Å². The van der Waals surface area contributed by atoms with Crippen LogP contribution in [0.5, 0.6) is 0 Å². The lowest BCUT2D eigenvalue weighted by Crippen LogP contribution is -2.47. The predicted octanol–water partition coefficient (Wildman–Crippen LogP) is 0.389. The normalized spacial score (nSPS) is 18.8. The highest BCUT2D eigenvalue weighted by atomic mass is 19.1. The van der Waals surface area contributed by atoms with Gasteiger partial charge in [-0.15, -0.1) is 0 Å². The van der Waals surface area contributed by atoms with Crippen LogP contribution in [0.3, 0.4) is 0 Å². The van der Waals surface area contributed by atoms with Crippen molar-refractivity contribution in [2.75, 3.05) is 68.8 Å². The van der Waals surface area contributed by atoms with E-state index in [2.05, 4.69) is 16.1 Å². The maximum absolute atomic E-state index is 15.0. The first-order chi connectivity index (χ1) is 15.9. The van der Waals surface area contributed by atoms with E-state index >= 15 is 0 Å². The Kier molecular flexibility index (Phi) is 8.78. The number of alkyl halides is 1. The molecule has 0 aromatic heterocycles. The molecular formula is C21H30F2N6O4. The molecule has 12 heteroatoms. The van der Waals surface area contributed by atoms with E-state index < -0.39 is 24.7 Å². The average Bonchev–Trinajstić information content (AvgIpc) is 2.99. The second kappa shape index (κ2) is 11.8. The van der Waals surface area contributed by atoms with Gasteiger partial charge in [0, 0.05) is 26.6 Å². The summed E-state index contributed by atoms with van der Waals surface area (Å²) in [7, 11) is 0. The lowest BCUT2D eigenvalue weighted by Gasteiger charge is -2.24. The number of cyclic esters (lactones) is 1. The second-order valence-electron chi connectivity index (χ2n) is 7.85. The van der Waals surface area contributed by atoms with Crippen LogP contribution in [0.2, 0.25) is 0 Å². The predicted molar refractivity (Wildman–Crippen MR) is 118 cm³/mol. The minimum atomic E-state index is -0.592. The Bertz CT molecular complexity index is 858. The summed E-state index contributed by atoms with van der Waals surface area (Å²) in [6.07, 6.45) is -0.740. The molecule has 2 saturated heterocycles. The topological polar surface area (TPSA) is 106 Å². The monoisotopic (exact) mass is 468 g/mol. The van der Waals surface area contributed by atoms with Crippen LogP contribution in [0.4, 0.5) is 25.0 Å². The van der Waals surface area contributed by atoms with Crippen LogP contribution >= 0.6 is 0 Å². The molecule has 1 aromatic rings. The lowest BCUT2D eigenvalue weighted by atomic mass is 10.2. The number of carbonyl (C=O) groups is 3. The van der Waals surface area contributed by atoms with Crippen molar-refractivity contribution in [1.82, 2.24) is 21.1 Å². The molecule has 2 heterocycles. The van der Waals surface area contributed by atoms with Crippen LogP contribution in [0.1, 0.15) is 13.3 Å². The van der Waals surface area contributed by atoms with Crippen molar-refractivity contribution in [3.05, 3.63) is 24.0 Å². The van der Waals surface area contributed by atoms with Crippen molar-refractivity contribution < 1.29 is 27.9 Å². The first-order valence-electron chi connectivity index (χ1n) is 11.0. The third-order valence-electron chi connectivity index (χ3n) is 5.38. The Balaban J connectivity index is 1.57. The molecule has 3 rings (SSSR count). The number of nitrogens with zero attached hydrogens (tertiary/aromatic N) is 3. The second-order valence-corrected chi connectivity index (χ2v) is 7.85. The summed E-state index contributed by atoms with van der Waals surface area (Å²) in [5.41, 5.74) is 3.78. The minimum absolute atomic E-state index is 0.102. The highest BCUT2D eigenvalue weighted by molar-refractivity contribution is 5.90. The van der Waals surface area contributed by atoms with E-state index in [-0.39, 0.29) is 31.4 Å². The van der Waals surface area contributed by atoms with Crippen molar-refractivity contribution in [2.45, 2.75) is 19.4 Å². The Morgan fingerprint density at radius 3 is 2.82 bits per heavy atom. The van der Waals surface area contributed by atoms with E-state index in [1.54, 1.807) is 12.1 Å². The van der Waals surface area contributed by atoms with Crippen molar-refractivity contribution in [3.63, 3.8) is 0 Å². The quantitative estimate of drug-likeness (QED) is 0.450. The molecule has 0 spiro atoms. The van der Waals surface area contributed by atoms with Crippen molar-refractivity contribution in [3.8, 4) is 0 Å². The number of hydrogen-bond donors (Lipinski definition) is 3. The number of hydrazine groups is 1. The van der Waals surface area contributed by atoms with Gasteiger partial charge in [-0.2, -0.15) is 0 Å². The van der Waals surface area contributed by atoms with Crippen molar-refractivity contribution >= 4 is 29.3 Å². The van der Waals surface area contributed by atoms with Gasteiger partial charge in [-0.25, -0.2) is 14.6 Å². The molecule has 2 aliphatic heterocycles. The first-order valence-corrected chi connectivity index (χ1v) is 11.0. The molecule has 0 unspecified atom stereocenters. The van der Waals surface area contributed by atoms with Gasteiger partial charge in [0.25, 0.3) is 5.91 Å². The molecule has 10 nitrogen and oxygen atoms in total. The van der Waals surface area contributed by atoms with E-state index in [4.69, 9.17) is 4.74 Å². The Morgan fingerprint density at radius 1 is 1.27 bits per heavy atom. The van der Waals surface area contributed by atoms with E-state index in [0.29, 0.717) is 50.5 Å². The number of rotatable bonds is 9. The maximum Gasteiger partial charge on any atom is 0.414 e. The Labute approximate surface area is 191 Å². The van der Waals surface area contributed by atoms with Gasteiger partial charge < -0.3 is 20.3 Å². The summed E-state index contributed by atoms with van der Waals surface area (Å²) < 4.78 is 32.3. The van der Waals surface area contributed by atoms with Crippen LogP contribution in [0.25, 0.3) is 0 Å². The Morgan fingerprint density at radius 2 is 2.09 bits per heavy atom. The van der Waals surface area contributed by atoms with E-state index in [1.807, 2.05) is 4.90 Å². The molecular weight excluding hydrogens is 438 g/mol. The summed E-state index contributed by atoms with van der Waals surface area (Å²) in [5, 5.41) is 6.99. The number of amides is 3. The molecule has 3 N–H and O–H groups in total. The molecule has 2 aliphatic rings. The molecule has 2 fully saturated rings. The highest BCUT2D eigenvalue weighted by Crippen LogP contribution is 2.28. The fraction of sp³-hybridized carbons (Fsp3) is 0.571.